The normalized spacial score (nSPS) is 17.0. The SMILES string of the molecule is COc1nn(C)cc1C(=O)N1CCC(Oc2nccnc2OC)C1. The number of likely N-dealkylation sites (tertiary alicyclic amines) is 1. The van der Waals surface area contributed by atoms with E-state index in [9.17, 15) is 4.79 Å². The van der Waals surface area contributed by atoms with E-state index in [1.54, 1.807) is 22.8 Å². The van der Waals surface area contributed by atoms with Gasteiger partial charge in [-0.2, -0.15) is 0 Å². The molecule has 2 aromatic rings. The second kappa shape index (κ2) is 6.73. The van der Waals surface area contributed by atoms with Gasteiger partial charge in [0.15, 0.2) is 0 Å². The summed E-state index contributed by atoms with van der Waals surface area (Å²) in [5.41, 5.74) is 0.442. The van der Waals surface area contributed by atoms with Crippen LogP contribution < -0.4 is 14.2 Å². The van der Waals surface area contributed by atoms with Crippen LogP contribution in [0.3, 0.4) is 0 Å². The van der Waals surface area contributed by atoms with Crippen LogP contribution in [0.15, 0.2) is 18.6 Å². The lowest BCUT2D eigenvalue weighted by Gasteiger charge is -2.17. The minimum absolute atomic E-state index is 0.128. The summed E-state index contributed by atoms with van der Waals surface area (Å²) in [5.74, 6) is 0.856. The van der Waals surface area contributed by atoms with E-state index in [0.717, 1.165) is 0 Å². The fraction of sp³-hybridized carbons (Fsp3) is 0.467. The highest BCUT2D eigenvalue weighted by molar-refractivity contribution is 5.96. The van der Waals surface area contributed by atoms with Crippen molar-refractivity contribution in [3.63, 3.8) is 0 Å². The van der Waals surface area contributed by atoms with E-state index in [-0.39, 0.29) is 12.0 Å². The smallest absolute Gasteiger partial charge is 0.278 e. The number of aryl methyl sites for hydroxylation is 1. The quantitative estimate of drug-likeness (QED) is 0.787. The third kappa shape index (κ3) is 3.10. The van der Waals surface area contributed by atoms with Gasteiger partial charge in [0.1, 0.15) is 11.7 Å². The molecule has 1 saturated heterocycles. The zero-order valence-corrected chi connectivity index (χ0v) is 13.8. The van der Waals surface area contributed by atoms with Gasteiger partial charge in [-0.1, -0.05) is 0 Å². The van der Waals surface area contributed by atoms with Gasteiger partial charge in [-0.25, -0.2) is 9.97 Å². The second-order valence-electron chi connectivity index (χ2n) is 5.38. The minimum Gasteiger partial charge on any atom is -0.479 e. The van der Waals surface area contributed by atoms with Crippen molar-refractivity contribution in [2.75, 3.05) is 27.3 Å². The number of nitrogens with zero attached hydrogens (tertiary/aromatic N) is 5. The molecular formula is C15H19N5O4. The lowest BCUT2D eigenvalue weighted by molar-refractivity contribution is 0.0767. The molecule has 3 heterocycles. The molecule has 0 radical (unpaired) electrons. The van der Waals surface area contributed by atoms with Crippen molar-refractivity contribution < 1.29 is 19.0 Å². The van der Waals surface area contributed by atoms with Crippen molar-refractivity contribution >= 4 is 5.91 Å². The molecule has 0 aliphatic carbocycles. The van der Waals surface area contributed by atoms with Gasteiger partial charge in [-0.05, 0) is 0 Å². The van der Waals surface area contributed by atoms with Crippen LogP contribution in [-0.2, 0) is 7.05 Å². The van der Waals surface area contributed by atoms with Gasteiger partial charge in [0.05, 0.1) is 20.8 Å². The van der Waals surface area contributed by atoms with Crippen LogP contribution >= 0.6 is 0 Å². The van der Waals surface area contributed by atoms with Gasteiger partial charge in [0.25, 0.3) is 17.7 Å². The molecule has 2 aromatic heterocycles. The Kier molecular flexibility index (Phi) is 4.50. The minimum atomic E-state index is -0.165. The Balaban J connectivity index is 1.68. The molecule has 0 aromatic carbocycles. The molecule has 1 atom stereocenters. The van der Waals surface area contributed by atoms with Crippen LogP contribution in [-0.4, -0.2) is 64.0 Å². The maximum absolute atomic E-state index is 12.6. The molecule has 3 rings (SSSR count). The molecule has 0 N–H and O–H groups in total. The Bertz CT molecular complexity index is 732. The van der Waals surface area contributed by atoms with E-state index in [2.05, 4.69) is 15.1 Å². The number of rotatable bonds is 5. The predicted molar refractivity (Wildman–Crippen MR) is 83.3 cm³/mol. The highest BCUT2D eigenvalue weighted by Gasteiger charge is 2.31. The summed E-state index contributed by atoms with van der Waals surface area (Å²) in [6.45, 7) is 1.04. The van der Waals surface area contributed by atoms with Gasteiger partial charge in [0, 0.05) is 38.6 Å². The highest BCUT2D eigenvalue weighted by atomic mass is 16.5. The maximum atomic E-state index is 12.6. The van der Waals surface area contributed by atoms with E-state index in [1.807, 2.05) is 0 Å². The number of carbonyl (C=O) groups is 1. The third-order valence-electron chi connectivity index (χ3n) is 3.76. The Hall–Kier alpha value is -2.84. The summed E-state index contributed by atoms with van der Waals surface area (Å²) in [6, 6.07) is 0. The van der Waals surface area contributed by atoms with Crippen LogP contribution in [0.1, 0.15) is 16.8 Å². The average Bonchev–Trinajstić information content (AvgIpc) is 3.21. The first-order chi connectivity index (χ1) is 11.6. The summed E-state index contributed by atoms with van der Waals surface area (Å²) in [5, 5.41) is 4.11. The standard InChI is InChI=1S/C15H19N5O4/c1-19-9-11(12(18-19)22-2)15(21)20-7-4-10(8-20)24-14-13(23-3)16-5-6-17-14/h5-6,9-10H,4,7-8H2,1-3H3. The largest absolute Gasteiger partial charge is 0.479 e. The average molecular weight is 333 g/mol. The van der Waals surface area contributed by atoms with Crippen LogP contribution in [0.2, 0.25) is 0 Å². The Morgan fingerprint density at radius 3 is 2.58 bits per heavy atom. The first-order valence-corrected chi connectivity index (χ1v) is 7.51. The van der Waals surface area contributed by atoms with Crippen molar-refractivity contribution in [1.82, 2.24) is 24.6 Å². The summed E-state index contributed by atoms with van der Waals surface area (Å²) in [7, 11) is 4.75. The third-order valence-corrected chi connectivity index (χ3v) is 3.76. The molecule has 0 saturated carbocycles. The number of hydrogen-bond donors (Lipinski definition) is 0. The van der Waals surface area contributed by atoms with Crippen LogP contribution in [0.25, 0.3) is 0 Å². The van der Waals surface area contributed by atoms with Crippen LogP contribution in [0.4, 0.5) is 0 Å². The van der Waals surface area contributed by atoms with Gasteiger partial charge < -0.3 is 19.1 Å². The molecule has 9 heteroatoms. The lowest BCUT2D eigenvalue weighted by Crippen LogP contribution is -2.31. The Morgan fingerprint density at radius 2 is 1.88 bits per heavy atom. The van der Waals surface area contributed by atoms with Crippen LogP contribution in [0, 0.1) is 0 Å². The van der Waals surface area contributed by atoms with Gasteiger partial charge >= 0.3 is 0 Å². The summed E-state index contributed by atoms with van der Waals surface area (Å²) < 4.78 is 17.7. The van der Waals surface area contributed by atoms with E-state index in [1.165, 1.54) is 26.6 Å². The van der Waals surface area contributed by atoms with Gasteiger partial charge in [-0.3, -0.25) is 9.48 Å². The van der Waals surface area contributed by atoms with E-state index in [4.69, 9.17) is 14.2 Å². The topological polar surface area (TPSA) is 91.6 Å². The van der Waals surface area contributed by atoms with Crippen LogP contribution in [0.5, 0.6) is 17.6 Å². The molecule has 128 valence electrons. The van der Waals surface area contributed by atoms with Crippen molar-refractivity contribution in [3.05, 3.63) is 24.2 Å². The maximum Gasteiger partial charge on any atom is 0.278 e. The molecule has 1 amide bonds. The van der Waals surface area contributed by atoms with Gasteiger partial charge in [0.2, 0.25) is 5.88 Å². The second-order valence-corrected chi connectivity index (χ2v) is 5.38. The molecule has 9 nitrogen and oxygen atoms in total. The van der Waals surface area contributed by atoms with Crippen molar-refractivity contribution in [2.24, 2.45) is 7.05 Å². The summed E-state index contributed by atoms with van der Waals surface area (Å²) in [6.07, 6.45) is 5.26. The zero-order valence-electron chi connectivity index (χ0n) is 13.8. The van der Waals surface area contributed by atoms with Crippen molar-refractivity contribution in [1.29, 1.82) is 0 Å². The predicted octanol–water partition coefficient (Wildman–Crippen LogP) is 0.521. The molecular weight excluding hydrogens is 314 g/mol. The zero-order chi connectivity index (χ0) is 17.1. The Labute approximate surface area is 139 Å². The van der Waals surface area contributed by atoms with E-state index >= 15 is 0 Å². The molecule has 0 bridgehead atoms. The number of carbonyl (C=O) groups excluding carboxylic acids is 1. The fourth-order valence-corrected chi connectivity index (χ4v) is 2.64. The lowest BCUT2D eigenvalue weighted by atomic mass is 10.3. The first-order valence-electron chi connectivity index (χ1n) is 7.51. The number of methoxy groups -OCH3 is 2. The fourth-order valence-electron chi connectivity index (χ4n) is 2.64. The number of hydrogen-bond acceptors (Lipinski definition) is 7. The van der Waals surface area contributed by atoms with Crippen molar-refractivity contribution in [2.45, 2.75) is 12.5 Å². The van der Waals surface area contributed by atoms with E-state index in [0.29, 0.717) is 42.7 Å². The molecule has 0 spiro atoms. The summed E-state index contributed by atoms with van der Waals surface area (Å²) >= 11 is 0. The number of ether oxygens (including phenoxy) is 3. The molecule has 1 fully saturated rings. The highest BCUT2D eigenvalue weighted by Crippen LogP contribution is 2.25. The molecule has 24 heavy (non-hydrogen) atoms. The van der Waals surface area contributed by atoms with E-state index < -0.39 is 0 Å². The first kappa shape index (κ1) is 16.0. The number of aromatic nitrogens is 4. The molecule has 1 aliphatic rings. The Morgan fingerprint density at radius 1 is 1.17 bits per heavy atom. The molecule has 1 aliphatic heterocycles. The number of amides is 1. The van der Waals surface area contributed by atoms with Gasteiger partial charge in [-0.15, -0.1) is 5.10 Å². The molecule has 1 unspecified atom stereocenters. The monoisotopic (exact) mass is 333 g/mol. The van der Waals surface area contributed by atoms with Crippen molar-refractivity contribution in [3.8, 4) is 17.6 Å². The summed E-state index contributed by atoms with van der Waals surface area (Å²) in [4.78, 5) is 22.5.